The van der Waals surface area contributed by atoms with Crippen LogP contribution < -0.4 is 5.43 Å². The summed E-state index contributed by atoms with van der Waals surface area (Å²) in [6, 6.07) is 4.17. The minimum absolute atomic E-state index is 0.126. The average Bonchev–Trinajstić information content (AvgIpc) is 3.16. The smallest absolute Gasteiger partial charge is 0.341 e. The fourth-order valence-corrected chi connectivity index (χ4v) is 2.29. The fourth-order valence-electron chi connectivity index (χ4n) is 2.29. The fraction of sp³-hybridized carbons (Fsp3) is 0.286. The van der Waals surface area contributed by atoms with Gasteiger partial charge in [-0.3, -0.25) is 4.79 Å². The number of nitrogens with zero attached hydrogens (tertiary/aromatic N) is 1. The lowest BCUT2D eigenvalue weighted by molar-refractivity contribution is 0.0694. The predicted molar refractivity (Wildman–Crippen MR) is 67.8 cm³/mol. The number of halogens is 1. The number of hydrogen-bond acceptors (Lipinski definition) is 2. The van der Waals surface area contributed by atoms with E-state index in [9.17, 15) is 14.0 Å². The van der Waals surface area contributed by atoms with Crippen molar-refractivity contribution < 1.29 is 14.3 Å². The van der Waals surface area contributed by atoms with Gasteiger partial charge in [-0.25, -0.2) is 9.18 Å². The molecule has 1 N–H and O–H groups in total. The van der Waals surface area contributed by atoms with Gasteiger partial charge in [-0.05, 0) is 30.9 Å². The van der Waals surface area contributed by atoms with Gasteiger partial charge in [0.05, 0.1) is 5.52 Å². The number of rotatable bonds is 3. The number of hydrogen-bond donors (Lipinski definition) is 1. The molecule has 1 aliphatic carbocycles. The van der Waals surface area contributed by atoms with E-state index in [1.54, 1.807) is 4.57 Å². The Morgan fingerprint density at radius 1 is 1.42 bits per heavy atom. The van der Waals surface area contributed by atoms with Crippen LogP contribution >= 0.6 is 0 Å². The summed E-state index contributed by atoms with van der Waals surface area (Å²) in [5.74, 6) is -1.32. The molecule has 19 heavy (non-hydrogen) atoms. The molecule has 1 saturated carbocycles. The van der Waals surface area contributed by atoms with Crippen molar-refractivity contribution in [3.8, 4) is 0 Å². The quantitative estimate of drug-likeness (QED) is 0.921. The second kappa shape index (κ2) is 4.19. The maximum absolute atomic E-state index is 13.9. The number of aromatic carboxylic acids is 1. The van der Waals surface area contributed by atoms with E-state index in [0.29, 0.717) is 12.5 Å². The molecule has 1 aromatic carbocycles. The number of carboxylic acid groups (broad SMARTS) is 1. The third kappa shape index (κ3) is 2.01. The van der Waals surface area contributed by atoms with Crippen LogP contribution in [-0.4, -0.2) is 15.6 Å². The van der Waals surface area contributed by atoms with Gasteiger partial charge in [0.1, 0.15) is 11.4 Å². The Morgan fingerprint density at radius 3 is 2.79 bits per heavy atom. The summed E-state index contributed by atoms with van der Waals surface area (Å²) < 4.78 is 15.5. The monoisotopic (exact) mass is 261 g/mol. The van der Waals surface area contributed by atoms with Gasteiger partial charge in [-0.1, -0.05) is 6.07 Å². The van der Waals surface area contributed by atoms with Crippen LogP contribution in [0.25, 0.3) is 10.9 Å². The van der Waals surface area contributed by atoms with Gasteiger partial charge < -0.3 is 9.67 Å². The molecule has 5 heteroatoms. The van der Waals surface area contributed by atoms with Crippen LogP contribution in [0.4, 0.5) is 4.39 Å². The molecule has 2 aromatic rings. The molecule has 1 aromatic heterocycles. The summed E-state index contributed by atoms with van der Waals surface area (Å²) in [4.78, 5) is 23.1. The van der Waals surface area contributed by atoms with Crippen molar-refractivity contribution in [3.63, 3.8) is 0 Å². The number of carbonyl (C=O) groups is 1. The van der Waals surface area contributed by atoms with Gasteiger partial charge in [-0.15, -0.1) is 0 Å². The molecule has 0 spiro atoms. The molecule has 4 nitrogen and oxygen atoms in total. The lowest BCUT2D eigenvalue weighted by atomic mass is 10.1. The molecule has 1 aliphatic rings. The highest BCUT2D eigenvalue weighted by Crippen LogP contribution is 2.31. The number of benzene rings is 1. The Labute approximate surface area is 108 Å². The maximum atomic E-state index is 13.9. The molecule has 98 valence electrons. The molecular weight excluding hydrogens is 249 g/mol. The Morgan fingerprint density at radius 2 is 2.16 bits per heavy atom. The van der Waals surface area contributed by atoms with Gasteiger partial charge in [0, 0.05) is 18.1 Å². The van der Waals surface area contributed by atoms with E-state index in [2.05, 4.69) is 0 Å². The first-order chi connectivity index (χ1) is 9.08. The van der Waals surface area contributed by atoms with Gasteiger partial charge in [0.2, 0.25) is 5.43 Å². The minimum Gasteiger partial charge on any atom is -0.477 e. The number of pyridine rings is 1. The summed E-state index contributed by atoms with van der Waals surface area (Å²) in [5, 5.41) is 9.19. The van der Waals surface area contributed by atoms with E-state index in [-0.39, 0.29) is 16.5 Å². The summed E-state index contributed by atoms with van der Waals surface area (Å²) in [5.41, 5.74) is -0.739. The van der Waals surface area contributed by atoms with E-state index >= 15 is 0 Å². The van der Waals surface area contributed by atoms with Gasteiger partial charge >= 0.3 is 5.97 Å². The summed E-state index contributed by atoms with van der Waals surface area (Å²) >= 11 is 0. The van der Waals surface area contributed by atoms with Crippen LogP contribution in [0, 0.1) is 11.7 Å². The molecule has 0 unspecified atom stereocenters. The molecule has 0 aliphatic heterocycles. The van der Waals surface area contributed by atoms with Crippen LogP contribution in [0.2, 0.25) is 0 Å². The Bertz CT molecular complexity index is 731. The zero-order valence-electron chi connectivity index (χ0n) is 10.1. The molecular formula is C14H12FNO3. The number of para-hydroxylation sites is 1. The van der Waals surface area contributed by atoms with Crippen LogP contribution in [0.5, 0.6) is 0 Å². The van der Waals surface area contributed by atoms with Crippen LogP contribution in [0.3, 0.4) is 0 Å². The maximum Gasteiger partial charge on any atom is 0.341 e. The molecule has 0 atom stereocenters. The van der Waals surface area contributed by atoms with Crippen LogP contribution in [0.1, 0.15) is 23.2 Å². The van der Waals surface area contributed by atoms with Crippen molar-refractivity contribution in [2.45, 2.75) is 19.4 Å². The molecule has 0 radical (unpaired) electrons. The first-order valence-electron chi connectivity index (χ1n) is 6.13. The van der Waals surface area contributed by atoms with Crippen molar-refractivity contribution in [2.75, 3.05) is 0 Å². The first kappa shape index (κ1) is 11.9. The third-order valence-corrected chi connectivity index (χ3v) is 3.43. The highest BCUT2D eigenvalue weighted by atomic mass is 19.1. The van der Waals surface area contributed by atoms with Crippen molar-refractivity contribution in [2.24, 2.45) is 5.92 Å². The first-order valence-corrected chi connectivity index (χ1v) is 6.13. The Balaban J connectivity index is 2.34. The number of aromatic nitrogens is 1. The zero-order chi connectivity index (χ0) is 13.6. The van der Waals surface area contributed by atoms with E-state index in [1.807, 2.05) is 0 Å². The molecule has 1 fully saturated rings. The third-order valence-electron chi connectivity index (χ3n) is 3.43. The minimum atomic E-state index is -1.28. The van der Waals surface area contributed by atoms with Gasteiger partial charge in [0.25, 0.3) is 0 Å². The largest absolute Gasteiger partial charge is 0.477 e. The summed E-state index contributed by atoms with van der Waals surface area (Å²) in [6.45, 7) is 0.554. The van der Waals surface area contributed by atoms with E-state index in [1.165, 1.54) is 24.4 Å². The Kier molecular flexibility index (Phi) is 2.62. The SMILES string of the molecule is O=C(O)c1cn(CC2CC2)c2c(F)cccc2c1=O. The average molecular weight is 261 g/mol. The van der Waals surface area contributed by atoms with Crippen LogP contribution in [0.15, 0.2) is 29.2 Å². The van der Waals surface area contributed by atoms with E-state index < -0.39 is 17.2 Å². The highest BCUT2D eigenvalue weighted by Gasteiger charge is 2.24. The standard InChI is InChI=1S/C14H12FNO3/c15-11-3-1-2-9-12(11)16(6-8-4-5-8)7-10(13(9)17)14(18)19/h1-3,7-8H,4-6H2,(H,18,19). The van der Waals surface area contributed by atoms with Crippen molar-refractivity contribution in [3.05, 3.63) is 46.0 Å². The number of carboxylic acids is 1. The predicted octanol–water partition coefficient (Wildman–Crippen LogP) is 2.25. The highest BCUT2D eigenvalue weighted by molar-refractivity contribution is 5.92. The zero-order valence-corrected chi connectivity index (χ0v) is 10.1. The van der Waals surface area contributed by atoms with E-state index in [0.717, 1.165) is 12.8 Å². The molecule has 1 heterocycles. The van der Waals surface area contributed by atoms with Gasteiger partial charge in [-0.2, -0.15) is 0 Å². The summed E-state index contributed by atoms with van der Waals surface area (Å²) in [6.07, 6.45) is 3.38. The van der Waals surface area contributed by atoms with Crippen molar-refractivity contribution >= 4 is 16.9 Å². The second-order valence-electron chi connectivity index (χ2n) is 4.91. The lowest BCUT2D eigenvalue weighted by Crippen LogP contribution is -2.20. The van der Waals surface area contributed by atoms with Gasteiger partial charge in [0.15, 0.2) is 0 Å². The molecule has 0 saturated heterocycles. The normalized spacial score (nSPS) is 14.8. The number of fused-ring (bicyclic) bond motifs is 1. The van der Waals surface area contributed by atoms with E-state index in [4.69, 9.17) is 5.11 Å². The molecule has 3 rings (SSSR count). The van der Waals surface area contributed by atoms with Crippen LogP contribution in [-0.2, 0) is 6.54 Å². The van der Waals surface area contributed by atoms with Crippen molar-refractivity contribution in [1.82, 2.24) is 4.57 Å². The molecule has 0 bridgehead atoms. The molecule has 0 amide bonds. The topological polar surface area (TPSA) is 59.3 Å². The Hall–Kier alpha value is -2.17. The van der Waals surface area contributed by atoms with Crippen molar-refractivity contribution in [1.29, 1.82) is 0 Å². The lowest BCUT2D eigenvalue weighted by Gasteiger charge is -2.12. The summed E-state index contributed by atoms with van der Waals surface area (Å²) in [7, 11) is 0. The second-order valence-corrected chi connectivity index (χ2v) is 4.91.